The lowest BCUT2D eigenvalue weighted by molar-refractivity contribution is 0.0745. The fourth-order valence-electron chi connectivity index (χ4n) is 2.87. The third-order valence-electron chi connectivity index (χ3n) is 4.51. The van der Waals surface area contributed by atoms with E-state index in [0.29, 0.717) is 32.6 Å². The highest BCUT2D eigenvalue weighted by Crippen LogP contribution is 2.29. The lowest BCUT2D eigenvalue weighted by atomic mass is 9.97. The Balaban J connectivity index is 1.96. The first kappa shape index (κ1) is 17.7. The average molecular weight is 346 g/mol. The minimum absolute atomic E-state index is 0.273. The fraction of sp³-hybridized carbons (Fsp3) is 0.625. The summed E-state index contributed by atoms with van der Waals surface area (Å²) < 4.78 is 29.0. The average Bonchev–Trinajstić information content (AvgIpc) is 2.47. The normalized spacial score (nSPS) is 19.8. The van der Waals surface area contributed by atoms with E-state index in [1.807, 2.05) is 24.3 Å². The molecule has 1 saturated heterocycles. The van der Waals surface area contributed by atoms with Gasteiger partial charge in [0.2, 0.25) is 0 Å². The standard InChI is InChI=1S/C16H24ClNO3S/c1-13(14-4-3-5-15(17)10-14)11-18-12-16(22(2,19)20)6-8-21-9-7-16/h3-5,10,13,18H,6-9,11-12H2,1-2H3/t13-/m0/s1. The van der Waals surface area contributed by atoms with Crippen LogP contribution in [-0.2, 0) is 14.6 Å². The van der Waals surface area contributed by atoms with Gasteiger partial charge in [-0.05, 0) is 36.5 Å². The van der Waals surface area contributed by atoms with Crippen LogP contribution in [0.15, 0.2) is 24.3 Å². The predicted molar refractivity (Wildman–Crippen MR) is 90.4 cm³/mol. The number of hydrogen-bond donors (Lipinski definition) is 1. The molecule has 124 valence electrons. The van der Waals surface area contributed by atoms with Crippen LogP contribution in [0.25, 0.3) is 0 Å². The monoisotopic (exact) mass is 345 g/mol. The first-order chi connectivity index (χ1) is 10.3. The maximum Gasteiger partial charge on any atom is 0.154 e. The van der Waals surface area contributed by atoms with Crippen molar-refractivity contribution in [3.05, 3.63) is 34.9 Å². The van der Waals surface area contributed by atoms with Crippen LogP contribution >= 0.6 is 11.6 Å². The lowest BCUT2D eigenvalue weighted by Gasteiger charge is -2.35. The molecule has 1 aromatic rings. The molecule has 1 aliphatic rings. The number of sulfone groups is 1. The first-order valence-corrected chi connectivity index (χ1v) is 9.84. The van der Waals surface area contributed by atoms with Crippen molar-refractivity contribution in [3.8, 4) is 0 Å². The highest BCUT2D eigenvalue weighted by atomic mass is 35.5. The molecular formula is C16H24ClNO3S. The van der Waals surface area contributed by atoms with Crippen LogP contribution in [0.3, 0.4) is 0 Å². The van der Waals surface area contributed by atoms with Gasteiger partial charge >= 0.3 is 0 Å². The summed E-state index contributed by atoms with van der Waals surface area (Å²) in [6, 6.07) is 7.78. The van der Waals surface area contributed by atoms with E-state index in [-0.39, 0.29) is 5.92 Å². The Labute approximate surface area is 138 Å². The first-order valence-electron chi connectivity index (χ1n) is 7.58. The Bertz CT molecular complexity index is 597. The number of halogens is 1. The SMILES string of the molecule is C[C@@H](CNCC1(S(C)(=O)=O)CCOCC1)c1cccc(Cl)c1. The Hall–Kier alpha value is -0.620. The van der Waals surface area contributed by atoms with Crippen LogP contribution in [-0.4, -0.2) is 45.7 Å². The zero-order valence-corrected chi connectivity index (χ0v) is 14.7. The summed E-state index contributed by atoms with van der Waals surface area (Å²) in [7, 11) is -3.12. The van der Waals surface area contributed by atoms with E-state index < -0.39 is 14.6 Å². The summed E-state index contributed by atoms with van der Waals surface area (Å²) in [4.78, 5) is 0. The van der Waals surface area contributed by atoms with Crippen molar-refractivity contribution in [1.82, 2.24) is 5.32 Å². The van der Waals surface area contributed by atoms with Gasteiger partial charge in [0.1, 0.15) is 0 Å². The molecule has 1 heterocycles. The second-order valence-electron chi connectivity index (χ2n) is 6.15. The van der Waals surface area contributed by atoms with Gasteiger partial charge in [-0.15, -0.1) is 0 Å². The van der Waals surface area contributed by atoms with Crippen molar-refractivity contribution in [2.24, 2.45) is 0 Å². The second kappa shape index (κ2) is 7.30. The summed E-state index contributed by atoms with van der Waals surface area (Å²) >= 11 is 6.01. The molecule has 0 aliphatic carbocycles. The molecule has 4 nitrogen and oxygen atoms in total. The highest BCUT2D eigenvalue weighted by molar-refractivity contribution is 7.92. The lowest BCUT2D eigenvalue weighted by Crippen LogP contribution is -2.51. The van der Waals surface area contributed by atoms with Gasteiger partial charge < -0.3 is 10.1 Å². The van der Waals surface area contributed by atoms with E-state index in [1.54, 1.807) is 0 Å². The maximum atomic E-state index is 12.2. The van der Waals surface area contributed by atoms with E-state index in [9.17, 15) is 8.42 Å². The summed E-state index contributed by atoms with van der Waals surface area (Å²) in [6.45, 7) is 4.32. The van der Waals surface area contributed by atoms with Crippen molar-refractivity contribution in [3.63, 3.8) is 0 Å². The Morgan fingerprint density at radius 2 is 2.05 bits per heavy atom. The van der Waals surface area contributed by atoms with Crippen LogP contribution in [0, 0.1) is 0 Å². The molecule has 0 saturated carbocycles. The molecule has 0 aromatic heterocycles. The molecule has 0 bridgehead atoms. The summed E-state index contributed by atoms with van der Waals surface area (Å²) in [6.07, 6.45) is 2.45. The van der Waals surface area contributed by atoms with Gasteiger partial charge in [0.15, 0.2) is 9.84 Å². The molecule has 0 unspecified atom stereocenters. The predicted octanol–water partition coefficient (Wildman–Crippen LogP) is 2.63. The Morgan fingerprint density at radius 3 is 2.64 bits per heavy atom. The van der Waals surface area contributed by atoms with Crippen LogP contribution in [0.4, 0.5) is 0 Å². The van der Waals surface area contributed by atoms with Crippen molar-refractivity contribution in [2.45, 2.75) is 30.4 Å². The topological polar surface area (TPSA) is 55.4 Å². The fourth-order valence-corrected chi connectivity index (χ4v) is 4.34. The molecule has 2 rings (SSSR count). The van der Waals surface area contributed by atoms with Gasteiger partial charge in [0.25, 0.3) is 0 Å². The van der Waals surface area contributed by atoms with Crippen LogP contribution in [0.1, 0.15) is 31.2 Å². The smallest absolute Gasteiger partial charge is 0.154 e. The largest absolute Gasteiger partial charge is 0.381 e. The van der Waals surface area contributed by atoms with Gasteiger partial charge in [-0.3, -0.25) is 0 Å². The second-order valence-corrected chi connectivity index (χ2v) is 9.00. The Morgan fingerprint density at radius 1 is 1.36 bits per heavy atom. The third-order valence-corrected chi connectivity index (χ3v) is 6.87. The van der Waals surface area contributed by atoms with Crippen molar-refractivity contribution in [2.75, 3.05) is 32.6 Å². The summed E-state index contributed by atoms with van der Waals surface area (Å²) in [5.74, 6) is 0.273. The van der Waals surface area contributed by atoms with Crippen LogP contribution in [0.5, 0.6) is 0 Å². The molecule has 0 amide bonds. The van der Waals surface area contributed by atoms with Crippen LogP contribution < -0.4 is 5.32 Å². The van der Waals surface area contributed by atoms with Crippen molar-refractivity contribution < 1.29 is 13.2 Å². The van der Waals surface area contributed by atoms with Gasteiger partial charge in [-0.25, -0.2) is 8.42 Å². The highest BCUT2D eigenvalue weighted by Gasteiger charge is 2.41. The van der Waals surface area contributed by atoms with Gasteiger partial charge in [0, 0.05) is 37.6 Å². The number of nitrogens with one attached hydrogen (secondary N) is 1. The molecule has 1 N–H and O–H groups in total. The number of ether oxygens (including phenoxy) is 1. The van der Waals surface area contributed by atoms with Gasteiger partial charge in [-0.2, -0.15) is 0 Å². The molecular weight excluding hydrogens is 322 g/mol. The molecule has 1 fully saturated rings. The minimum atomic E-state index is -3.12. The van der Waals surface area contributed by atoms with Gasteiger partial charge in [-0.1, -0.05) is 30.7 Å². The maximum absolute atomic E-state index is 12.2. The molecule has 1 aromatic carbocycles. The van der Waals surface area contributed by atoms with E-state index in [1.165, 1.54) is 6.26 Å². The third kappa shape index (κ3) is 4.22. The van der Waals surface area contributed by atoms with Crippen LogP contribution in [0.2, 0.25) is 5.02 Å². The summed E-state index contributed by atoms with van der Waals surface area (Å²) in [5, 5.41) is 4.07. The molecule has 6 heteroatoms. The zero-order valence-electron chi connectivity index (χ0n) is 13.1. The van der Waals surface area contributed by atoms with E-state index >= 15 is 0 Å². The number of rotatable bonds is 6. The molecule has 1 aliphatic heterocycles. The molecule has 22 heavy (non-hydrogen) atoms. The van der Waals surface area contributed by atoms with E-state index in [0.717, 1.165) is 17.1 Å². The molecule has 0 radical (unpaired) electrons. The minimum Gasteiger partial charge on any atom is -0.381 e. The van der Waals surface area contributed by atoms with Crippen molar-refractivity contribution in [1.29, 1.82) is 0 Å². The quantitative estimate of drug-likeness (QED) is 0.861. The molecule has 1 atom stereocenters. The van der Waals surface area contributed by atoms with E-state index in [4.69, 9.17) is 16.3 Å². The molecule has 0 spiro atoms. The van der Waals surface area contributed by atoms with Crippen molar-refractivity contribution >= 4 is 21.4 Å². The number of benzene rings is 1. The van der Waals surface area contributed by atoms with E-state index in [2.05, 4.69) is 12.2 Å². The summed E-state index contributed by atoms with van der Waals surface area (Å²) in [5.41, 5.74) is 1.15. The van der Waals surface area contributed by atoms with Gasteiger partial charge in [0.05, 0.1) is 4.75 Å². The zero-order chi connectivity index (χ0) is 16.2. The number of hydrogen-bond acceptors (Lipinski definition) is 4. The Kier molecular flexibility index (Phi) is 5.88.